The first-order valence-corrected chi connectivity index (χ1v) is 16.2. The molecule has 0 radical (unpaired) electrons. The summed E-state index contributed by atoms with van der Waals surface area (Å²) >= 11 is 1.63. The summed E-state index contributed by atoms with van der Waals surface area (Å²) in [5.74, 6) is -1.86. The second-order valence-corrected chi connectivity index (χ2v) is 14.8. The molecular formula is C34H48N2O5S. The van der Waals surface area contributed by atoms with Crippen molar-refractivity contribution in [3.05, 3.63) is 54.6 Å². The molecule has 3 fully saturated rings. The standard InChI is InChI=1S/C34H48N2O5S/c1-8-10-11-12-19-41-32(40)27-26-30(38)36(25(21-37)20-22(3)4)29(34(26)17-16-33(27,7)42-34)31(39)35(18-9-2)28-23(5)14-13-15-24(28)6/h8-9,13-15,22,25-27,29,37H,1-2,10-12,16-21H2,3-7H3/t25-,26+,27+,29?,33-,34?/m1/s1. The molecule has 2 unspecified atom stereocenters. The minimum Gasteiger partial charge on any atom is -0.465 e. The van der Waals surface area contributed by atoms with Crippen LogP contribution in [-0.4, -0.2) is 69.1 Å². The summed E-state index contributed by atoms with van der Waals surface area (Å²) in [6, 6.07) is 4.59. The number of carbonyl (C=O) groups is 3. The average Bonchev–Trinajstić information content (AvgIpc) is 3.51. The lowest BCUT2D eigenvalue weighted by molar-refractivity contribution is -0.156. The molecule has 1 spiro atoms. The first-order chi connectivity index (χ1) is 20.0. The van der Waals surface area contributed by atoms with Gasteiger partial charge in [0.15, 0.2) is 0 Å². The SMILES string of the molecule is C=CCCCCOC(=O)[C@@H]1[C@H]2C(=O)N([C@@H](CO)CC(C)C)C(C(=O)N(CC=C)c3c(C)cccc3C)C23CC[C@@]1(C)S3. The molecule has 3 saturated heterocycles. The van der Waals surface area contributed by atoms with Gasteiger partial charge in [0.25, 0.3) is 5.91 Å². The van der Waals surface area contributed by atoms with Gasteiger partial charge in [0.2, 0.25) is 5.91 Å². The number of benzene rings is 1. The highest BCUT2D eigenvalue weighted by Crippen LogP contribution is 2.72. The van der Waals surface area contributed by atoms with Crippen LogP contribution in [0.5, 0.6) is 0 Å². The fourth-order valence-electron chi connectivity index (χ4n) is 7.67. The Labute approximate surface area is 255 Å². The maximum absolute atomic E-state index is 14.9. The van der Waals surface area contributed by atoms with Crippen molar-refractivity contribution in [3.8, 4) is 0 Å². The van der Waals surface area contributed by atoms with E-state index in [1.165, 1.54) is 0 Å². The molecule has 0 saturated carbocycles. The zero-order valence-electron chi connectivity index (χ0n) is 25.9. The molecule has 1 N–H and O–H groups in total. The summed E-state index contributed by atoms with van der Waals surface area (Å²) in [5, 5.41) is 10.6. The van der Waals surface area contributed by atoms with E-state index in [0.29, 0.717) is 25.9 Å². The topological polar surface area (TPSA) is 87.1 Å². The molecule has 2 bridgehead atoms. The number of nitrogens with zero attached hydrogens (tertiary/aromatic N) is 2. The van der Waals surface area contributed by atoms with Crippen molar-refractivity contribution in [2.24, 2.45) is 17.8 Å². The fourth-order valence-corrected chi connectivity index (χ4v) is 9.99. The Hall–Kier alpha value is -2.58. The monoisotopic (exact) mass is 596 g/mol. The molecule has 4 rings (SSSR count). The van der Waals surface area contributed by atoms with E-state index in [-0.39, 0.29) is 36.9 Å². The van der Waals surface area contributed by atoms with Gasteiger partial charge in [0.1, 0.15) is 6.04 Å². The Bertz CT molecular complexity index is 1200. The van der Waals surface area contributed by atoms with Gasteiger partial charge in [0, 0.05) is 17.0 Å². The predicted octanol–water partition coefficient (Wildman–Crippen LogP) is 5.61. The van der Waals surface area contributed by atoms with Crippen LogP contribution < -0.4 is 4.90 Å². The number of hydrogen-bond donors (Lipinski definition) is 1. The van der Waals surface area contributed by atoms with Gasteiger partial charge in [-0.1, -0.05) is 44.2 Å². The number of aryl methyl sites for hydroxylation is 2. The maximum atomic E-state index is 14.9. The van der Waals surface area contributed by atoms with Crippen molar-refractivity contribution in [3.63, 3.8) is 0 Å². The molecule has 3 aliphatic heterocycles. The van der Waals surface area contributed by atoms with Crippen LogP contribution in [0.15, 0.2) is 43.5 Å². The lowest BCUT2D eigenvalue weighted by Crippen LogP contribution is -2.58. The highest BCUT2D eigenvalue weighted by atomic mass is 32.2. The molecule has 230 valence electrons. The molecule has 0 aromatic heterocycles. The molecule has 0 aliphatic carbocycles. The van der Waals surface area contributed by atoms with E-state index in [0.717, 1.165) is 36.1 Å². The molecule has 1 aromatic rings. The Morgan fingerprint density at radius 3 is 2.48 bits per heavy atom. The lowest BCUT2D eigenvalue weighted by atomic mass is 9.66. The predicted molar refractivity (Wildman–Crippen MR) is 169 cm³/mol. The summed E-state index contributed by atoms with van der Waals surface area (Å²) in [4.78, 5) is 46.7. The van der Waals surface area contributed by atoms with Crippen molar-refractivity contribution < 1.29 is 24.2 Å². The number of aliphatic hydroxyl groups is 1. The number of amides is 2. The first-order valence-electron chi connectivity index (χ1n) is 15.4. The number of anilines is 1. The summed E-state index contributed by atoms with van der Waals surface area (Å²) in [5.41, 5.74) is 2.74. The van der Waals surface area contributed by atoms with Gasteiger partial charge in [-0.25, -0.2) is 0 Å². The number of unbranched alkanes of at least 4 members (excludes halogenated alkanes) is 2. The Kier molecular flexibility index (Phi) is 9.98. The number of carbonyl (C=O) groups excluding carboxylic acids is 3. The Morgan fingerprint density at radius 1 is 1.19 bits per heavy atom. The number of aliphatic hydroxyl groups excluding tert-OH is 1. The van der Waals surface area contributed by atoms with Gasteiger partial charge in [0.05, 0.1) is 35.8 Å². The molecule has 8 heteroatoms. The molecule has 7 nitrogen and oxygen atoms in total. The number of hydrogen-bond acceptors (Lipinski definition) is 6. The zero-order valence-corrected chi connectivity index (χ0v) is 26.8. The Balaban J connectivity index is 1.79. The van der Waals surface area contributed by atoms with Crippen molar-refractivity contribution in [2.45, 2.75) is 94.7 Å². The fraction of sp³-hybridized carbons (Fsp3) is 0.618. The number of para-hydroxylation sites is 1. The molecule has 3 heterocycles. The van der Waals surface area contributed by atoms with E-state index in [1.54, 1.807) is 27.6 Å². The molecule has 42 heavy (non-hydrogen) atoms. The Morgan fingerprint density at radius 2 is 1.88 bits per heavy atom. The maximum Gasteiger partial charge on any atom is 0.311 e. The minimum absolute atomic E-state index is 0.180. The van der Waals surface area contributed by atoms with Gasteiger partial charge in [-0.05, 0) is 76.3 Å². The largest absolute Gasteiger partial charge is 0.465 e. The van der Waals surface area contributed by atoms with Crippen LogP contribution in [0.2, 0.25) is 0 Å². The van der Waals surface area contributed by atoms with Crippen LogP contribution >= 0.6 is 11.8 Å². The highest BCUT2D eigenvalue weighted by Gasteiger charge is 2.78. The summed E-state index contributed by atoms with van der Waals surface area (Å²) in [7, 11) is 0. The third-order valence-corrected chi connectivity index (χ3v) is 11.4. The third-order valence-electron chi connectivity index (χ3n) is 9.38. The second-order valence-electron chi connectivity index (χ2n) is 12.9. The number of esters is 1. The van der Waals surface area contributed by atoms with E-state index in [4.69, 9.17) is 4.74 Å². The molecule has 6 atom stereocenters. The number of rotatable bonds is 14. The quantitative estimate of drug-likeness (QED) is 0.171. The number of ether oxygens (including phenoxy) is 1. The number of thioether (sulfide) groups is 1. The van der Waals surface area contributed by atoms with Crippen LogP contribution in [0.4, 0.5) is 5.69 Å². The second kappa shape index (κ2) is 13.0. The van der Waals surface area contributed by atoms with E-state index in [1.807, 2.05) is 52.0 Å². The van der Waals surface area contributed by atoms with Crippen molar-refractivity contribution in [1.82, 2.24) is 4.90 Å². The first kappa shape index (κ1) is 32.3. The van der Waals surface area contributed by atoms with E-state index >= 15 is 0 Å². The van der Waals surface area contributed by atoms with Gasteiger partial charge in [-0.15, -0.1) is 24.9 Å². The molecule has 2 amide bonds. The number of fused-ring (bicyclic) bond motifs is 1. The molecule has 3 aliphatic rings. The minimum atomic E-state index is -0.818. The third kappa shape index (κ3) is 5.57. The van der Waals surface area contributed by atoms with E-state index < -0.39 is 33.4 Å². The van der Waals surface area contributed by atoms with Crippen LogP contribution in [0.3, 0.4) is 0 Å². The van der Waals surface area contributed by atoms with Crippen molar-refractivity contribution in [1.29, 1.82) is 0 Å². The van der Waals surface area contributed by atoms with Crippen molar-refractivity contribution >= 4 is 35.2 Å². The lowest BCUT2D eigenvalue weighted by Gasteiger charge is -2.40. The van der Waals surface area contributed by atoms with E-state index in [2.05, 4.69) is 20.1 Å². The highest BCUT2D eigenvalue weighted by molar-refractivity contribution is 8.02. The molecular weight excluding hydrogens is 548 g/mol. The van der Waals surface area contributed by atoms with Crippen molar-refractivity contribution in [2.75, 3.05) is 24.7 Å². The zero-order chi connectivity index (χ0) is 30.8. The van der Waals surface area contributed by atoms with Gasteiger partial charge in [-0.2, -0.15) is 0 Å². The summed E-state index contributed by atoms with van der Waals surface area (Å²) in [6.45, 7) is 18.1. The van der Waals surface area contributed by atoms with Gasteiger partial charge in [-0.3, -0.25) is 14.4 Å². The van der Waals surface area contributed by atoms with Gasteiger partial charge >= 0.3 is 5.97 Å². The number of likely N-dealkylation sites (tertiary alicyclic amines) is 1. The molecule has 1 aromatic carbocycles. The van der Waals surface area contributed by atoms with Gasteiger partial charge < -0.3 is 19.6 Å². The van der Waals surface area contributed by atoms with Crippen LogP contribution in [0.25, 0.3) is 0 Å². The van der Waals surface area contributed by atoms with Crippen LogP contribution in [0.1, 0.15) is 70.4 Å². The average molecular weight is 597 g/mol. The van der Waals surface area contributed by atoms with Crippen LogP contribution in [-0.2, 0) is 19.1 Å². The summed E-state index contributed by atoms with van der Waals surface area (Å²) < 4.78 is 4.51. The summed E-state index contributed by atoms with van der Waals surface area (Å²) in [6.07, 6.45) is 7.96. The normalized spacial score (nSPS) is 28.6. The van der Waals surface area contributed by atoms with E-state index in [9.17, 15) is 19.5 Å². The number of allylic oxidation sites excluding steroid dienone is 1. The smallest absolute Gasteiger partial charge is 0.311 e. The van der Waals surface area contributed by atoms with Crippen LogP contribution in [0, 0.1) is 31.6 Å².